The minimum atomic E-state index is -0.979. The van der Waals surface area contributed by atoms with Gasteiger partial charge < -0.3 is 19.0 Å². The number of fused-ring (bicyclic) bond motifs is 1. The normalized spacial score (nSPS) is 14.9. The Morgan fingerprint density at radius 1 is 1.09 bits per heavy atom. The fourth-order valence-electron chi connectivity index (χ4n) is 5.06. The molecule has 0 spiro atoms. The number of aromatic nitrogens is 2. The van der Waals surface area contributed by atoms with Gasteiger partial charge in [0.2, 0.25) is 10.9 Å². The van der Waals surface area contributed by atoms with Crippen molar-refractivity contribution in [2.24, 2.45) is 0 Å². The number of ether oxygens (including phenoxy) is 2. The summed E-state index contributed by atoms with van der Waals surface area (Å²) in [6.07, 6.45) is 1.93. The molecule has 0 saturated carbocycles. The number of unbranched alkanes of at least 4 members (excludes halogenated alkanes) is 1. The van der Waals surface area contributed by atoms with Crippen LogP contribution in [0.5, 0.6) is 11.5 Å². The van der Waals surface area contributed by atoms with E-state index in [1.54, 1.807) is 48.5 Å². The number of furan rings is 1. The Labute approximate surface area is 268 Å². The molecule has 0 radical (unpaired) electrons. The van der Waals surface area contributed by atoms with Crippen molar-refractivity contribution in [2.75, 3.05) is 18.6 Å². The minimum absolute atomic E-state index is 0.0261. The lowest BCUT2D eigenvalue weighted by Crippen LogP contribution is -2.31. The van der Waals surface area contributed by atoms with Gasteiger partial charge in [-0.3, -0.25) is 14.5 Å². The molecule has 1 unspecified atom stereocenters. The Hall–Kier alpha value is -4.61. The molecule has 2 aromatic heterocycles. The summed E-state index contributed by atoms with van der Waals surface area (Å²) in [6, 6.07) is 21.3. The summed E-state index contributed by atoms with van der Waals surface area (Å²) in [4.78, 5) is 29.1. The van der Waals surface area contributed by atoms with Crippen molar-refractivity contribution in [3.8, 4) is 11.5 Å². The summed E-state index contributed by atoms with van der Waals surface area (Å²) in [5.41, 5.74) is 3.20. The third-order valence-corrected chi connectivity index (χ3v) is 9.58. The zero-order valence-electron chi connectivity index (χ0n) is 25.0. The fraction of sp³-hybridized carbons (Fsp3) is 0.235. The second-order valence-corrected chi connectivity index (χ2v) is 12.7. The molecule has 45 heavy (non-hydrogen) atoms. The molecular weight excluding hydrogens is 611 g/mol. The van der Waals surface area contributed by atoms with E-state index < -0.39 is 23.5 Å². The number of benzene rings is 3. The van der Waals surface area contributed by atoms with E-state index in [2.05, 4.69) is 41.4 Å². The maximum absolute atomic E-state index is 14.1. The highest BCUT2D eigenvalue weighted by Gasteiger charge is 2.47. The van der Waals surface area contributed by atoms with Crippen molar-refractivity contribution < 1.29 is 28.6 Å². The van der Waals surface area contributed by atoms with Crippen LogP contribution in [0.3, 0.4) is 0 Å². The van der Waals surface area contributed by atoms with Crippen LogP contribution in [0.2, 0.25) is 0 Å². The molecule has 0 saturated heterocycles. The zero-order chi connectivity index (χ0) is 31.5. The molecule has 0 aliphatic carbocycles. The van der Waals surface area contributed by atoms with Crippen LogP contribution in [0, 0.1) is 6.92 Å². The van der Waals surface area contributed by atoms with Crippen LogP contribution in [-0.4, -0.2) is 40.7 Å². The van der Waals surface area contributed by atoms with E-state index in [4.69, 9.17) is 13.9 Å². The number of aliphatic hydroxyl groups excluding tert-OH is 1. The molecule has 1 atom stereocenters. The molecule has 1 aliphatic rings. The van der Waals surface area contributed by atoms with Gasteiger partial charge in [-0.05, 0) is 48.7 Å². The molecule has 0 fully saturated rings. The number of hydrogen-bond donors (Lipinski definition) is 1. The molecule has 9 nitrogen and oxygen atoms in total. The summed E-state index contributed by atoms with van der Waals surface area (Å²) in [5.74, 6) is -0.242. The van der Waals surface area contributed by atoms with Gasteiger partial charge in [-0.25, -0.2) is 0 Å². The molecule has 1 amide bonds. The lowest BCUT2D eigenvalue weighted by molar-refractivity contribution is -0.117. The number of anilines is 1. The van der Waals surface area contributed by atoms with Crippen LogP contribution >= 0.6 is 23.1 Å². The number of para-hydroxylation sites is 1. The van der Waals surface area contributed by atoms with E-state index in [0.717, 1.165) is 18.4 Å². The van der Waals surface area contributed by atoms with Crippen molar-refractivity contribution in [3.63, 3.8) is 0 Å². The molecule has 3 heterocycles. The molecule has 1 N–H and O–H groups in total. The second-order valence-electron chi connectivity index (χ2n) is 10.6. The second kappa shape index (κ2) is 13.2. The number of amides is 1. The molecule has 11 heteroatoms. The van der Waals surface area contributed by atoms with Gasteiger partial charge in [0, 0.05) is 11.1 Å². The number of hydrogen-bond acceptors (Lipinski definition) is 10. The molecule has 0 bridgehead atoms. The Balaban J connectivity index is 1.35. The third-order valence-electron chi connectivity index (χ3n) is 7.45. The summed E-state index contributed by atoms with van der Waals surface area (Å²) in [5, 5.41) is 20.8. The maximum Gasteiger partial charge on any atom is 0.296 e. The largest absolute Gasteiger partial charge is 0.503 e. The lowest BCUT2D eigenvalue weighted by Gasteiger charge is -2.24. The minimum Gasteiger partial charge on any atom is -0.503 e. The molecule has 5 aromatic rings. The Morgan fingerprint density at radius 2 is 1.87 bits per heavy atom. The van der Waals surface area contributed by atoms with E-state index in [-0.39, 0.29) is 16.5 Å². The average Bonchev–Trinajstić information content (AvgIpc) is 3.77. The van der Waals surface area contributed by atoms with Crippen LogP contribution in [-0.2, 0) is 10.5 Å². The van der Waals surface area contributed by atoms with Gasteiger partial charge in [-0.1, -0.05) is 90.5 Å². The molecule has 230 valence electrons. The molecule has 1 aliphatic heterocycles. The zero-order valence-corrected chi connectivity index (χ0v) is 26.6. The number of nitrogens with zero attached hydrogens (tertiary/aromatic N) is 3. The van der Waals surface area contributed by atoms with Crippen LogP contribution < -0.4 is 14.4 Å². The Bertz CT molecular complexity index is 1880. The van der Waals surface area contributed by atoms with Gasteiger partial charge in [0.25, 0.3) is 5.91 Å². The predicted octanol–water partition coefficient (Wildman–Crippen LogP) is 7.86. The van der Waals surface area contributed by atoms with Crippen molar-refractivity contribution in [3.05, 3.63) is 107 Å². The maximum atomic E-state index is 14.1. The number of ketones is 1. The first-order chi connectivity index (χ1) is 21.9. The summed E-state index contributed by atoms with van der Waals surface area (Å²) >= 11 is 2.72. The van der Waals surface area contributed by atoms with Crippen LogP contribution in [0.25, 0.3) is 11.0 Å². The molecular formula is C34H31N3O6S2. The first-order valence-corrected chi connectivity index (χ1v) is 16.3. The first-order valence-electron chi connectivity index (χ1n) is 14.5. The van der Waals surface area contributed by atoms with Crippen molar-refractivity contribution in [1.82, 2.24) is 10.2 Å². The number of carbonyl (C=O) groups excluding carboxylic acids is 2. The van der Waals surface area contributed by atoms with E-state index in [1.165, 1.54) is 40.7 Å². The fourth-order valence-corrected chi connectivity index (χ4v) is 6.88. The van der Waals surface area contributed by atoms with Crippen molar-refractivity contribution in [1.29, 1.82) is 0 Å². The summed E-state index contributed by atoms with van der Waals surface area (Å²) in [6.45, 7) is 4.71. The van der Waals surface area contributed by atoms with Crippen LogP contribution in [0.1, 0.15) is 53.1 Å². The number of methoxy groups -OCH3 is 1. The smallest absolute Gasteiger partial charge is 0.296 e. The van der Waals surface area contributed by atoms with Gasteiger partial charge in [0.05, 0.1) is 25.3 Å². The third kappa shape index (κ3) is 6.18. The van der Waals surface area contributed by atoms with Crippen LogP contribution in [0.15, 0.2) is 92.9 Å². The number of Topliss-reactive ketones (excluding diaryl/α,β-unsaturated/α-hetero) is 1. The average molecular weight is 642 g/mol. The van der Waals surface area contributed by atoms with E-state index in [0.29, 0.717) is 44.7 Å². The number of carbonyl (C=O) groups is 2. The summed E-state index contributed by atoms with van der Waals surface area (Å²) < 4.78 is 17.8. The van der Waals surface area contributed by atoms with Gasteiger partial charge in [0.1, 0.15) is 5.75 Å². The lowest BCUT2D eigenvalue weighted by atomic mass is 9.95. The SMILES string of the molecule is CCCCOc1ccc(C2C(C(=O)c3cc4cccc(OC)c4o3)=C(O)C(=O)N2c2nnc(SCc3ccc(C)cc3)s2)cc1. The van der Waals surface area contributed by atoms with Gasteiger partial charge >= 0.3 is 0 Å². The van der Waals surface area contributed by atoms with E-state index in [1.807, 2.05) is 6.92 Å². The quantitative estimate of drug-likeness (QED) is 0.0629. The van der Waals surface area contributed by atoms with Crippen molar-refractivity contribution >= 4 is 50.9 Å². The predicted molar refractivity (Wildman–Crippen MR) is 174 cm³/mol. The number of thioether (sulfide) groups is 1. The van der Waals surface area contributed by atoms with Gasteiger partial charge in [0.15, 0.2) is 27.2 Å². The van der Waals surface area contributed by atoms with Gasteiger partial charge in [-0.2, -0.15) is 0 Å². The molecule has 6 rings (SSSR count). The number of aryl methyl sites for hydroxylation is 1. The standard InChI is InChI=1S/C34H31N3O6S2/c1-4-5-17-42-24-15-13-22(14-16-24)28-27(29(38)26-18-23-7-6-8-25(41-3)31(23)43-26)30(39)32(40)37(28)33-35-36-34(45-33)44-19-21-11-9-20(2)10-12-21/h6-16,18,28,39H,4-5,17,19H2,1-3H3. The highest BCUT2D eigenvalue weighted by Crippen LogP contribution is 2.45. The van der Waals surface area contributed by atoms with Crippen LogP contribution in [0.4, 0.5) is 5.13 Å². The molecule has 3 aromatic carbocycles. The monoisotopic (exact) mass is 641 g/mol. The highest BCUT2D eigenvalue weighted by atomic mass is 32.2. The van der Waals surface area contributed by atoms with Crippen molar-refractivity contribution in [2.45, 2.75) is 42.8 Å². The summed E-state index contributed by atoms with van der Waals surface area (Å²) in [7, 11) is 1.52. The Morgan fingerprint density at radius 3 is 2.60 bits per heavy atom. The number of rotatable bonds is 12. The Kier molecular flexibility index (Phi) is 8.90. The highest BCUT2D eigenvalue weighted by molar-refractivity contribution is 8.00. The first kappa shape index (κ1) is 30.4. The number of aliphatic hydroxyl groups is 1. The van der Waals surface area contributed by atoms with Gasteiger partial charge in [-0.15, -0.1) is 10.2 Å². The van der Waals surface area contributed by atoms with E-state index in [9.17, 15) is 14.7 Å². The topological polar surface area (TPSA) is 115 Å². The van der Waals surface area contributed by atoms with E-state index >= 15 is 0 Å².